The quantitative estimate of drug-likeness (QED) is 0.744. The molecular weight excluding hydrogens is 316 g/mol. The molecule has 5 heteroatoms. The predicted molar refractivity (Wildman–Crippen MR) is 85.0 cm³/mol. The summed E-state index contributed by atoms with van der Waals surface area (Å²) in [7, 11) is 0. The van der Waals surface area contributed by atoms with E-state index >= 15 is 0 Å². The number of rotatable bonds is 3. The monoisotopic (exact) mass is 330 g/mol. The van der Waals surface area contributed by atoms with E-state index in [1.807, 2.05) is 30.6 Å². The fourth-order valence-electron chi connectivity index (χ4n) is 2.36. The van der Waals surface area contributed by atoms with Gasteiger partial charge in [0.15, 0.2) is 0 Å². The maximum atomic E-state index is 6.06. The van der Waals surface area contributed by atoms with Crippen molar-refractivity contribution in [2.75, 3.05) is 5.73 Å². The van der Waals surface area contributed by atoms with Gasteiger partial charge in [-0.1, -0.05) is 6.92 Å². The number of hydrogen-bond acceptors (Lipinski definition) is 3. The Bertz CT molecular complexity index is 764. The van der Waals surface area contributed by atoms with Crippen molar-refractivity contribution in [1.82, 2.24) is 14.5 Å². The Morgan fingerprint density at radius 3 is 2.95 bits per heavy atom. The average Bonchev–Trinajstić information content (AvgIpc) is 2.88. The fourth-order valence-corrected chi connectivity index (χ4v) is 2.69. The summed E-state index contributed by atoms with van der Waals surface area (Å²) in [5.41, 5.74) is 8.70. The van der Waals surface area contributed by atoms with Gasteiger partial charge in [-0.15, -0.1) is 0 Å². The SMILES string of the molecule is CCCc1nccn1-c1ccc(N)c2cc(Br)cnc12. The summed E-state index contributed by atoms with van der Waals surface area (Å²) < 4.78 is 3.01. The molecule has 0 aliphatic rings. The Morgan fingerprint density at radius 1 is 1.30 bits per heavy atom. The standard InChI is InChI=1S/C15H15BrN4/c1-2-3-14-18-6-7-20(14)13-5-4-12(17)11-8-10(16)9-19-15(11)13/h4-9H,2-3,17H2,1H3. The molecule has 0 unspecified atom stereocenters. The van der Waals surface area contributed by atoms with Gasteiger partial charge in [-0.25, -0.2) is 4.98 Å². The fraction of sp³-hybridized carbons (Fsp3) is 0.200. The minimum atomic E-state index is 0.731. The zero-order valence-electron chi connectivity index (χ0n) is 11.2. The van der Waals surface area contributed by atoms with Crippen molar-refractivity contribution in [1.29, 1.82) is 0 Å². The molecule has 2 N–H and O–H groups in total. The van der Waals surface area contributed by atoms with Gasteiger partial charge >= 0.3 is 0 Å². The predicted octanol–water partition coefficient (Wildman–Crippen LogP) is 3.72. The number of aromatic nitrogens is 3. The highest BCUT2D eigenvalue weighted by Gasteiger charge is 2.11. The molecule has 2 heterocycles. The Balaban J connectivity index is 2.26. The molecule has 3 aromatic rings. The number of imidazole rings is 1. The smallest absolute Gasteiger partial charge is 0.113 e. The van der Waals surface area contributed by atoms with Gasteiger partial charge in [0.1, 0.15) is 5.82 Å². The van der Waals surface area contributed by atoms with Crippen LogP contribution in [0.5, 0.6) is 0 Å². The van der Waals surface area contributed by atoms with Crippen LogP contribution in [0, 0.1) is 0 Å². The van der Waals surface area contributed by atoms with Crippen molar-refractivity contribution in [3.05, 3.63) is 47.1 Å². The summed E-state index contributed by atoms with van der Waals surface area (Å²) in [5.74, 6) is 1.04. The van der Waals surface area contributed by atoms with Crippen LogP contribution in [0.25, 0.3) is 16.6 Å². The van der Waals surface area contributed by atoms with Gasteiger partial charge < -0.3 is 10.3 Å². The zero-order chi connectivity index (χ0) is 14.1. The Kier molecular flexibility index (Phi) is 3.44. The lowest BCUT2D eigenvalue weighted by atomic mass is 10.1. The Morgan fingerprint density at radius 2 is 2.15 bits per heavy atom. The molecule has 20 heavy (non-hydrogen) atoms. The second kappa shape index (κ2) is 5.25. The number of anilines is 1. The number of benzene rings is 1. The maximum Gasteiger partial charge on any atom is 0.113 e. The molecule has 0 atom stereocenters. The van der Waals surface area contributed by atoms with Crippen molar-refractivity contribution in [2.45, 2.75) is 19.8 Å². The number of aryl methyl sites for hydroxylation is 1. The van der Waals surface area contributed by atoms with E-state index < -0.39 is 0 Å². The van der Waals surface area contributed by atoms with Gasteiger partial charge in [0.2, 0.25) is 0 Å². The van der Waals surface area contributed by atoms with E-state index in [0.29, 0.717) is 0 Å². The number of nitrogens with zero attached hydrogens (tertiary/aromatic N) is 3. The minimum absolute atomic E-state index is 0.731. The third-order valence-corrected chi connectivity index (χ3v) is 3.71. The van der Waals surface area contributed by atoms with Crippen LogP contribution in [0.3, 0.4) is 0 Å². The molecule has 0 saturated heterocycles. The number of hydrogen-bond donors (Lipinski definition) is 1. The van der Waals surface area contributed by atoms with Crippen molar-refractivity contribution in [3.63, 3.8) is 0 Å². The van der Waals surface area contributed by atoms with E-state index in [4.69, 9.17) is 5.73 Å². The van der Waals surface area contributed by atoms with E-state index in [9.17, 15) is 0 Å². The molecule has 0 fully saturated rings. The van der Waals surface area contributed by atoms with E-state index in [0.717, 1.165) is 45.4 Å². The summed E-state index contributed by atoms with van der Waals surface area (Å²) >= 11 is 3.44. The molecule has 0 saturated carbocycles. The highest BCUT2D eigenvalue weighted by molar-refractivity contribution is 9.10. The van der Waals surface area contributed by atoms with Crippen molar-refractivity contribution in [2.24, 2.45) is 0 Å². The van der Waals surface area contributed by atoms with Crippen LogP contribution >= 0.6 is 15.9 Å². The summed E-state index contributed by atoms with van der Waals surface area (Å²) in [6.07, 6.45) is 7.59. The Hall–Kier alpha value is -1.88. The summed E-state index contributed by atoms with van der Waals surface area (Å²) in [6.45, 7) is 2.15. The number of fused-ring (bicyclic) bond motifs is 1. The van der Waals surface area contributed by atoms with Crippen LogP contribution in [-0.4, -0.2) is 14.5 Å². The second-order valence-electron chi connectivity index (χ2n) is 4.69. The molecule has 0 radical (unpaired) electrons. The van der Waals surface area contributed by atoms with E-state index in [1.165, 1.54) is 0 Å². The highest BCUT2D eigenvalue weighted by Crippen LogP contribution is 2.28. The zero-order valence-corrected chi connectivity index (χ0v) is 12.8. The van der Waals surface area contributed by atoms with Gasteiger partial charge in [-0.2, -0.15) is 0 Å². The molecule has 2 aromatic heterocycles. The summed E-state index contributed by atoms with van der Waals surface area (Å²) in [6, 6.07) is 5.92. The molecule has 3 rings (SSSR count). The second-order valence-corrected chi connectivity index (χ2v) is 5.60. The molecule has 1 aromatic carbocycles. The van der Waals surface area contributed by atoms with Crippen LogP contribution in [0.2, 0.25) is 0 Å². The Labute approximate surface area is 125 Å². The van der Waals surface area contributed by atoms with Crippen molar-refractivity contribution >= 4 is 32.5 Å². The minimum Gasteiger partial charge on any atom is -0.398 e. The number of pyridine rings is 1. The van der Waals surface area contributed by atoms with Gasteiger partial charge in [0.25, 0.3) is 0 Å². The van der Waals surface area contributed by atoms with Crippen molar-refractivity contribution < 1.29 is 0 Å². The first kappa shape index (κ1) is 13.1. The molecular formula is C15H15BrN4. The van der Waals surface area contributed by atoms with Crippen LogP contribution in [0.4, 0.5) is 5.69 Å². The normalized spacial score (nSPS) is 11.1. The lowest BCUT2D eigenvalue weighted by Crippen LogP contribution is -2.02. The molecule has 0 bridgehead atoms. The van der Waals surface area contributed by atoms with Crippen molar-refractivity contribution in [3.8, 4) is 5.69 Å². The molecule has 0 spiro atoms. The molecule has 4 nitrogen and oxygen atoms in total. The van der Waals surface area contributed by atoms with Gasteiger partial charge in [0.05, 0.1) is 11.2 Å². The first-order valence-electron chi connectivity index (χ1n) is 6.57. The number of nitrogens with two attached hydrogens (primary N) is 1. The van der Waals surface area contributed by atoms with Gasteiger partial charge in [0, 0.05) is 40.6 Å². The maximum absolute atomic E-state index is 6.06. The molecule has 0 aliphatic carbocycles. The topological polar surface area (TPSA) is 56.7 Å². The first-order valence-corrected chi connectivity index (χ1v) is 7.36. The van der Waals surface area contributed by atoms with E-state index in [2.05, 4.69) is 37.4 Å². The lowest BCUT2D eigenvalue weighted by Gasteiger charge is -2.11. The van der Waals surface area contributed by atoms with Crippen LogP contribution in [0.15, 0.2) is 41.3 Å². The molecule has 102 valence electrons. The van der Waals surface area contributed by atoms with E-state index in [1.54, 1.807) is 6.20 Å². The third kappa shape index (κ3) is 2.18. The molecule has 0 amide bonds. The van der Waals surface area contributed by atoms with Gasteiger partial charge in [-0.05, 0) is 40.5 Å². The van der Waals surface area contributed by atoms with Gasteiger partial charge in [-0.3, -0.25) is 4.98 Å². The summed E-state index contributed by atoms with van der Waals surface area (Å²) in [5, 5.41) is 0.952. The van der Waals surface area contributed by atoms with Crippen LogP contribution in [-0.2, 0) is 6.42 Å². The highest BCUT2D eigenvalue weighted by atomic mass is 79.9. The average molecular weight is 331 g/mol. The number of nitrogen functional groups attached to an aromatic ring is 1. The lowest BCUT2D eigenvalue weighted by molar-refractivity contribution is 0.811. The summed E-state index contributed by atoms with van der Waals surface area (Å²) in [4.78, 5) is 8.95. The molecule has 0 aliphatic heterocycles. The largest absolute Gasteiger partial charge is 0.398 e. The van der Waals surface area contributed by atoms with E-state index in [-0.39, 0.29) is 0 Å². The first-order chi connectivity index (χ1) is 9.70. The third-order valence-electron chi connectivity index (χ3n) is 3.28. The van der Waals surface area contributed by atoms with Crippen LogP contribution in [0.1, 0.15) is 19.2 Å². The number of halogens is 1. The van der Waals surface area contributed by atoms with Crippen LogP contribution < -0.4 is 5.73 Å².